The van der Waals surface area contributed by atoms with Crippen molar-refractivity contribution < 1.29 is 9.21 Å². The van der Waals surface area contributed by atoms with Gasteiger partial charge >= 0.3 is 0 Å². The maximum absolute atomic E-state index is 13.1. The number of benzene rings is 1. The number of hydrogen-bond donors (Lipinski definition) is 0. The highest BCUT2D eigenvalue weighted by atomic mass is 32.2. The standard InChI is InChI=1S/C20H22N4O2S/c1-3-23-18(17-11-7-13-26-17)21-22-20(23)27-14(2)19(25)24-12-6-9-15-8-4-5-10-16(15)24/h4-5,7-8,10-11,13-14H,3,6,9,12H2,1-2H3/t14-/m0/s1. The molecule has 7 heteroatoms. The van der Waals surface area contributed by atoms with Crippen molar-refractivity contribution in [3.05, 3.63) is 48.2 Å². The predicted molar refractivity (Wildman–Crippen MR) is 106 cm³/mol. The number of fused-ring (bicyclic) bond motifs is 1. The van der Waals surface area contributed by atoms with Crippen LogP contribution in [0.25, 0.3) is 11.6 Å². The molecule has 2 aromatic heterocycles. The number of thioether (sulfide) groups is 1. The van der Waals surface area contributed by atoms with Crippen LogP contribution < -0.4 is 4.90 Å². The second kappa shape index (κ2) is 7.60. The maximum Gasteiger partial charge on any atom is 0.240 e. The molecule has 0 N–H and O–H groups in total. The zero-order valence-electron chi connectivity index (χ0n) is 15.5. The van der Waals surface area contributed by atoms with Crippen molar-refractivity contribution in [2.75, 3.05) is 11.4 Å². The normalized spacial score (nSPS) is 14.8. The molecule has 27 heavy (non-hydrogen) atoms. The molecule has 1 aliphatic rings. The zero-order valence-corrected chi connectivity index (χ0v) is 16.3. The third kappa shape index (κ3) is 3.39. The molecule has 0 unspecified atom stereocenters. The first-order chi connectivity index (χ1) is 13.2. The second-order valence-corrected chi connectivity index (χ2v) is 7.82. The third-order valence-corrected chi connectivity index (χ3v) is 5.85. The number of aromatic nitrogens is 3. The van der Waals surface area contributed by atoms with Crippen LogP contribution in [0.1, 0.15) is 25.8 Å². The first-order valence-corrected chi connectivity index (χ1v) is 10.1. The summed E-state index contributed by atoms with van der Waals surface area (Å²) in [6.07, 6.45) is 3.64. The van der Waals surface area contributed by atoms with E-state index in [-0.39, 0.29) is 11.2 Å². The van der Waals surface area contributed by atoms with E-state index in [0.717, 1.165) is 30.2 Å². The Bertz CT molecular complexity index is 935. The molecule has 1 aromatic carbocycles. The summed E-state index contributed by atoms with van der Waals surface area (Å²) in [5, 5.41) is 9.04. The van der Waals surface area contributed by atoms with E-state index in [4.69, 9.17) is 4.42 Å². The summed E-state index contributed by atoms with van der Waals surface area (Å²) in [6, 6.07) is 11.9. The molecular weight excluding hydrogens is 360 g/mol. The van der Waals surface area contributed by atoms with Crippen LogP contribution in [-0.4, -0.2) is 32.5 Å². The number of hydrogen-bond acceptors (Lipinski definition) is 5. The number of carbonyl (C=O) groups excluding carboxylic acids is 1. The van der Waals surface area contributed by atoms with Crippen molar-refractivity contribution in [3.63, 3.8) is 0 Å². The van der Waals surface area contributed by atoms with Crippen LogP contribution in [0.15, 0.2) is 52.2 Å². The van der Waals surface area contributed by atoms with E-state index >= 15 is 0 Å². The molecule has 0 fully saturated rings. The quantitative estimate of drug-likeness (QED) is 0.624. The summed E-state index contributed by atoms with van der Waals surface area (Å²) >= 11 is 1.45. The number of furan rings is 1. The van der Waals surface area contributed by atoms with E-state index in [1.807, 2.05) is 53.6 Å². The fourth-order valence-corrected chi connectivity index (χ4v) is 4.41. The van der Waals surface area contributed by atoms with Gasteiger partial charge in [0.2, 0.25) is 5.91 Å². The number of nitrogens with zero attached hydrogens (tertiary/aromatic N) is 4. The number of rotatable bonds is 5. The van der Waals surface area contributed by atoms with Gasteiger partial charge in [-0.2, -0.15) is 0 Å². The van der Waals surface area contributed by atoms with Gasteiger partial charge in [0.15, 0.2) is 16.7 Å². The average Bonchev–Trinajstić information content (AvgIpc) is 3.36. The number of anilines is 1. The van der Waals surface area contributed by atoms with Crippen LogP contribution in [0, 0.1) is 0 Å². The van der Waals surface area contributed by atoms with Gasteiger partial charge < -0.3 is 9.32 Å². The molecule has 1 atom stereocenters. The lowest BCUT2D eigenvalue weighted by molar-refractivity contribution is -0.117. The monoisotopic (exact) mass is 382 g/mol. The summed E-state index contributed by atoms with van der Waals surface area (Å²) in [4.78, 5) is 15.0. The molecule has 0 spiro atoms. The third-order valence-electron chi connectivity index (χ3n) is 4.78. The van der Waals surface area contributed by atoms with E-state index in [0.29, 0.717) is 18.1 Å². The smallest absolute Gasteiger partial charge is 0.240 e. The molecule has 140 valence electrons. The zero-order chi connectivity index (χ0) is 18.8. The summed E-state index contributed by atoms with van der Waals surface area (Å²) < 4.78 is 7.44. The molecule has 1 aliphatic heterocycles. The minimum absolute atomic E-state index is 0.109. The first kappa shape index (κ1) is 17.9. The van der Waals surface area contributed by atoms with Crippen molar-refractivity contribution in [1.82, 2.24) is 14.8 Å². The van der Waals surface area contributed by atoms with Gasteiger partial charge in [-0.3, -0.25) is 9.36 Å². The maximum atomic E-state index is 13.1. The fourth-order valence-electron chi connectivity index (χ4n) is 3.44. The fraction of sp³-hybridized carbons (Fsp3) is 0.350. The second-order valence-electron chi connectivity index (χ2n) is 6.51. The Morgan fingerprint density at radius 1 is 1.26 bits per heavy atom. The summed E-state index contributed by atoms with van der Waals surface area (Å²) in [5.41, 5.74) is 2.28. The van der Waals surface area contributed by atoms with E-state index in [9.17, 15) is 4.79 Å². The van der Waals surface area contributed by atoms with Gasteiger partial charge in [0.05, 0.1) is 11.5 Å². The topological polar surface area (TPSA) is 64.2 Å². The van der Waals surface area contributed by atoms with Gasteiger partial charge in [-0.1, -0.05) is 30.0 Å². The van der Waals surface area contributed by atoms with E-state index in [1.165, 1.54) is 17.3 Å². The molecule has 4 rings (SSSR count). The summed E-state index contributed by atoms with van der Waals surface area (Å²) in [7, 11) is 0. The Balaban J connectivity index is 1.55. The van der Waals surface area contributed by atoms with Crippen LogP contribution in [0.5, 0.6) is 0 Å². The van der Waals surface area contributed by atoms with E-state index < -0.39 is 0 Å². The molecule has 1 amide bonds. The largest absolute Gasteiger partial charge is 0.461 e. The number of carbonyl (C=O) groups is 1. The van der Waals surface area contributed by atoms with Gasteiger partial charge in [0.1, 0.15) is 0 Å². The average molecular weight is 382 g/mol. The SMILES string of the molecule is CCn1c(S[C@@H](C)C(=O)N2CCCc3ccccc32)nnc1-c1ccco1. The molecular formula is C20H22N4O2S. The molecule has 3 heterocycles. The highest BCUT2D eigenvalue weighted by Gasteiger charge is 2.28. The molecule has 3 aromatic rings. The van der Waals surface area contributed by atoms with Crippen molar-refractivity contribution in [2.24, 2.45) is 0 Å². The lowest BCUT2D eigenvalue weighted by Gasteiger charge is -2.31. The van der Waals surface area contributed by atoms with Gasteiger partial charge in [-0.05, 0) is 50.5 Å². The van der Waals surface area contributed by atoms with Crippen molar-refractivity contribution in [3.8, 4) is 11.6 Å². The number of para-hydroxylation sites is 1. The van der Waals surface area contributed by atoms with E-state index in [2.05, 4.69) is 16.3 Å². The van der Waals surface area contributed by atoms with Gasteiger partial charge in [-0.25, -0.2) is 0 Å². The predicted octanol–water partition coefficient (Wildman–Crippen LogP) is 4.02. The highest BCUT2D eigenvalue weighted by molar-refractivity contribution is 8.00. The minimum Gasteiger partial charge on any atom is -0.461 e. The van der Waals surface area contributed by atoms with Crippen LogP contribution in [0.2, 0.25) is 0 Å². The van der Waals surface area contributed by atoms with Crippen molar-refractivity contribution in [1.29, 1.82) is 0 Å². The summed E-state index contributed by atoms with van der Waals surface area (Å²) in [5.74, 6) is 1.48. The Kier molecular flexibility index (Phi) is 5.03. The highest BCUT2D eigenvalue weighted by Crippen LogP contribution is 2.31. The van der Waals surface area contributed by atoms with Crippen LogP contribution in [-0.2, 0) is 17.8 Å². The number of aryl methyl sites for hydroxylation is 1. The van der Waals surface area contributed by atoms with Crippen LogP contribution in [0.3, 0.4) is 0 Å². The molecule has 0 saturated carbocycles. The van der Waals surface area contributed by atoms with Crippen LogP contribution in [0.4, 0.5) is 5.69 Å². The van der Waals surface area contributed by atoms with Crippen LogP contribution >= 0.6 is 11.8 Å². The number of amides is 1. The lowest BCUT2D eigenvalue weighted by atomic mass is 10.0. The molecule has 0 radical (unpaired) electrons. The molecule has 0 bridgehead atoms. The Morgan fingerprint density at radius 2 is 2.11 bits per heavy atom. The van der Waals surface area contributed by atoms with Gasteiger partial charge in [-0.15, -0.1) is 10.2 Å². The Hall–Kier alpha value is -2.54. The first-order valence-electron chi connectivity index (χ1n) is 9.22. The van der Waals surface area contributed by atoms with E-state index in [1.54, 1.807) is 6.26 Å². The van der Waals surface area contributed by atoms with Gasteiger partial charge in [0, 0.05) is 18.8 Å². The Labute approximate surface area is 162 Å². The lowest BCUT2D eigenvalue weighted by Crippen LogP contribution is -2.40. The molecule has 0 aliphatic carbocycles. The Morgan fingerprint density at radius 3 is 2.89 bits per heavy atom. The minimum atomic E-state index is -0.255. The summed E-state index contributed by atoms with van der Waals surface area (Å²) in [6.45, 7) is 5.44. The molecule has 6 nitrogen and oxygen atoms in total. The van der Waals surface area contributed by atoms with Crippen molar-refractivity contribution in [2.45, 2.75) is 43.6 Å². The van der Waals surface area contributed by atoms with Gasteiger partial charge in [0.25, 0.3) is 0 Å². The molecule has 0 saturated heterocycles. The van der Waals surface area contributed by atoms with Crippen molar-refractivity contribution >= 4 is 23.4 Å².